The summed E-state index contributed by atoms with van der Waals surface area (Å²) in [5, 5.41) is 11.0. The lowest BCUT2D eigenvalue weighted by Crippen LogP contribution is -2.24. The minimum atomic E-state index is -0.301. The second kappa shape index (κ2) is 7.43. The average Bonchev–Trinajstić information content (AvgIpc) is 3.28. The van der Waals surface area contributed by atoms with Crippen LogP contribution in [-0.4, -0.2) is 37.4 Å². The number of hydrogen-bond acceptors (Lipinski definition) is 5. The second-order valence-electron chi connectivity index (χ2n) is 6.16. The van der Waals surface area contributed by atoms with Crippen LogP contribution in [0, 0.1) is 6.92 Å². The lowest BCUT2D eigenvalue weighted by molar-refractivity contribution is 0.0944. The van der Waals surface area contributed by atoms with Gasteiger partial charge >= 0.3 is 0 Å². The molecule has 0 unspecified atom stereocenters. The van der Waals surface area contributed by atoms with Gasteiger partial charge in [0, 0.05) is 22.9 Å². The van der Waals surface area contributed by atoms with E-state index in [4.69, 9.17) is 4.74 Å². The molecule has 1 aromatic carbocycles. The van der Waals surface area contributed by atoms with Crippen molar-refractivity contribution in [1.29, 1.82) is 0 Å². The van der Waals surface area contributed by atoms with Crippen molar-refractivity contribution in [2.45, 2.75) is 13.5 Å². The predicted molar refractivity (Wildman–Crippen MR) is 107 cm³/mol. The standard InChI is InChI=1S/C19H17BrN6O2/c1-12-18(23-24-26(12)15-4-3-5-16(8-15)28-2)19(27)21-9-14-11-25-10-13(20)6-7-17(25)22-14/h3-8,10-11H,9H2,1-2H3,(H,21,27). The maximum atomic E-state index is 12.6. The summed E-state index contributed by atoms with van der Waals surface area (Å²) in [4.78, 5) is 17.1. The molecular formula is C19H17BrN6O2. The van der Waals surface area contributed by atoms with Crippen molar-refractivity contribution in [3.63, 3.8) is 0 Å². The van der Waals surface area contributed by atoms with Crippen LogP contribution in [0.4, 0.5) is 0 Å². The van der Waals surface area contributed by atoms with Gasteiger partial charge in [-0.25, -0.2) is 9.67 Å². The summed E-state index contributed by atoms with van der Waals surface area (Å²) in [6.07, 6.45) is 3.79. The zero-order chi connectivity index (χ0) is 19.7. The molecule has 0 aliphatic rings. The minimum Gasteiger partial charge on any atom is -0.497 e. The topological polar surface area (TPSA) is 86.3 Å². The Kier molecular flexibility index (Phi) is 4.82. The first-order chi connectivity index (χ1) is 13.5. The zero-order valence-electron chi connectivity index (χ0n) is 15.3. The van der Waals surface area contributed by atoms with Crippen LogP contribution in [0.5, 0.6) is 5.75 Å². The molecule has 3 aromatic heterocycles. The van der Waals surface area contributed by atoms with Crippen molar-refractivity contribution in [1.82, 2.24) is 29.7 Å². The normalized spacial score (nSPS) is 11.0. The van der Waals surface area contributed by atoms with Gasteiger partial charge in [0.25, 0.3) is 5.91 Å². The fourth-order valence-electron chi connectivity index (χ4n) is 2.88. The van der Waals surface area contributed by atoms with Crippen molar-refractivity contribution in [2.24, 2.45) is 0 Å². The van der Waals surface area contributed by atoms with E-state index < -0.39 is 0 Å². The van der Waals surface area contributed by atoms with Crippen molar-refractivity contribution in [2.75, 3.05) is 7.11 Å². The number of halogens is 1. The molecule has 8 nitrogen and oxygen atoms in total. The monoisotopic (exact) mass is 440 g/mol. The molecule has 0 bridgehead atoms. The smallest absolute Gasteiger partial charge is 0.274 e. The number of carbonyl (C=O) groups is 1. The number of fused-ring (bicyclic) bond motifs is 1. The van der Waals surface area contributed by atoms with Gasteiger partial charge in [-0.05, 0) is 47.1 Å². The van der Waals surface area contributed by atoms with E-state index in [2.05, 4.69) is 36.5 Å². The largest absolute Gasteiger partial charge is 0.497 e. The summed E-state index contributed by atoms with van der Waals surface area (Å²) in [7, 11) is 1.60. The molecule has 0 saturated heterocycles. The van der Waals surface area contributed by atoms with E-state index in [-0.39, 0.29) is 11.6 Å². The third kappa shape index (κ3) is 3.48. The van der Waals surface area contributed by atoms with E-state index in [1.807, 2.05) is 53.2 Å². The van der Waals surface area contributed by atoms with Crippen LogP contribution >= 0.6 is 15.9 Å². The number of aromatic nitrogens is 5. The van der Waals surface area contributed by atoms with Crippen LogP contribution in [0.3, 0.4) is 0 Å². The molecule has 4 aromatic rings. The number of nitrogens with one attached hydrogen (secondary N) is 1. The Morgan fingerprint density at radius 3 is 2.93 bits per heavy atom. The Morgan fingerprint density at radius 2 is 2.11 bits per heavy atom. The summed E-state index contributed by atoms with van der Waals surface area (Å²) in [6, 6.07) is 11.2. The molecule has 0 fully saturated rings. The van der Waals surface area contributed by atoms with E-state index in [1.165, 1.54) is 0 Å². The van der Waals surface area contributed by atoms with Gasteiger partial charge in [0.15, 0.2) is 5.69 Å². The average molecular weight is 441 g/mol. The number of amides is 1. The highest BCUT2D eigenvalue weighted by molar-refractivity contribution is 9.10. The molecule has 0 aliphatic carbocycles. The van der Waals surface area contributed by atoms with E-state index in [0.29, 0.717) is 18.0 Å². The maximum Gasteiger partial charge on any atom is 0.274 e. The fraction of sp³-hybridized carbons (Fsp3) is 0.158. The first-order valence-electron chi connectivity index (χ1n) is 8.53. The third-order valence-electron chi connectivity index (χ3n) is 4.30. The number of methoxy groups -OCH3 is 1. The number of hydrogen-bond donors (Lipinski definition) is 1. The molecule has 0 spiro atoms. The number of benzene rings is 1. The van der Waals surface area contributed by atoms with Crippen LogP contribution < -0.4 is 10.1 Å². The maximum absolute atomic E-state index is 12.6. The molecule has 142 valence electrons. The Hall–Kier alpha value is -3.20. The molecule has 28 heavy (non-hydrogen) atoms. The quantitative estimate of drug-likeness (QED) is 0.515. The number of rotatable bonds is 5. The molecule has 0 radical (unpaired) electrons. The summed E-state index contributed by atoms with van der Waals surface area (Å²) in [5.74, 6) is 0.404. The molecule has 0 aliphatic heterocycles. The Balaban J connectivity index is 1.51. The van der Waals surface area contributed by atoms with E-state index >= 15 is 0 Å². The number of carbonyl (C=O) groups excluding carboxylic acids is 1. The van der Waals surface area contributed by atoms with Crippen LogP contribution in [-0.2, 0) is 6.54 Å². The summed E-state index contributed by atoms with van der Waals surface area (Å²) >= 11 is 3.43. The highest BCUT2D eigenvalue weighted by Crippen LogP contribution is 2.18. The summed E-state index contributed by atoms with van der Waals surface area (Å²) in [5.41, 5.74) is 3.25. The minimum absolute atomic E-state index is 0.273. The number of nitrogens with zero attached hydrogens (tertiary/aromatic N) is 5. The molecule has 1 N–H and O–H groups in total. The van der Waals surface area contributed by atoms with E-state index in [0.717, 1.165) is 21.5 Å². The van der Waals surface area contributed by atoms with Gasteiger partial charge in [0.1, 0.15) is 11.4 Å². The Morgan fingerprint density at radius 1 is 1.25 bits per heavy atom. The van der Waals surface area contributed by atoms with Gasteiger partial charge in [-0.15, -0.1) is 5.10 Å². The number of pyridine rings is 1. The highest BCUT2D eigenvalue weighted by atomic mass is 79.9. The molecule has 1 amide bonds. The van der Waals surface area contributed by atoms with Crippen LogP contribution in [0.15, 0.2) is 53.3 Å². The van der Waals surface area contributed by atoms with Gasteiger partial charge in [0.2, 0.25) is 0 Å². The Labute approximate surface area is 169 Å². The second-order valence-corrected chi connectivity index (χ2v) is 7.08. The molecule has 3 heterocycles. The lowest BCUT2D eigenvalue weighted by Gasteiger charge is -2.06. The predicted octanol–water partition coefficient (Wildman–Crippen LogP) is 2.92. The van der Waals surface area contributed by atoms with Gasteiger partial charge in [0.05, 0.1) is 30.7 Å². The molecule has 0 atom stereocenters. The lowest BCUT2D eigenvalue weighted by atomic mass is 10.2. The van der Waals surface area contributed by atoms with Gasteiger partial charge in [-0.2, -0.15) is 0 Å². The molecule has 0 saturated carbocycles. The van der Waals surface area contributed by atoms with Crippen molar-refractivity contribution >= 4 is 27.5 Å². The van der Waals surface area contributed by atoms with Crippen LogP contribution in [0.2, 0.25) is 0 Å². The van der Waals surface area contributed by atoms with E-state index in [1.54, 1.807) is 18.7 Å². The molecular weight excluding hydrogens is 424 g/mol. The van der Waals surface area contributed by atoms with Crippen molar-refractivity contribution < 1.29 is 9.53 Å². The van der Waals surface area contributed by atoms with Crippen LogP contribution in [0.25, 0.3) is 11.3 Å². The molecule has 4 rings (SSSR count). The zero-order valence-corrected chi connectivity index (χ0v) is 16.8. The van der Waals surface area contributed by atoms with Crippen LogP contribution in [0.1, 0.15) is 21.9 Å². The van der Waals surface area contributed by atoms with Gasteiger partial charge in [-0.3, -0.25) is 4.79 Å². The van der Waals surface area contributed by atoms with Gasteiger partial charge in [-0.1, -0.05) is 11.3 Å². The fourth-order valence-corrected chi connectivity index (χ4v) is 3.24. The Bertz CT molecular complexity index is 1170. The molecule has 9 heteroatoms. The third-order valence-corrected chi connectivity index (χ3v) is 4.77. The SMILES string of the molecule is COc1cccc(-n2nnc(C(=O)NCc3cn4cc(Br)ccc4n3)c2C)c1. The number of ether oxygens (including phenoxy) is 1. The summed E-state index contributed by atoms with van der Waals surface area (Å²) < 4.78 is 9.70. The first-order valence-corrected chi connectivity index (χ1v) is 9.32. The van der Waals surface area contributed by atoms with Crippen molar-refractivity contribution in [3.05, 3.63) is 70.3 Å². The number of imidazole rings is 1. The summed E-state index contributed by atoms with van der Waals surface area (Å²) in [6.45, 7) is 2.10. The van der Waals surface area contributed by atoms with Crippen molar-refractivity contribution in [3.8, 4) is 11.4 Å². The first kappa shape index (κ1) is 18.2. The highest BCUT2D eigenvalue weighted by Gasteiger charge is 2.17. The van der Waals surface area contributed by atoms with Gasteiger partial charge < -0.3 is 14.5 Å². The van der Waals surface area contributed by atoms with E-state index in [9.17, 15) is 4.79 Å².